The van der Waals surface area contributed by atoms with E-state index in [4.69, 9.17) is 0 Å². The van der Waals surface area contributed by atoms with E-state index >= 15 is 0 Å². The third kappa shape index (κ3) is 1.84. The van der Waals surface area contributed by atoms with E-state index in [0.29, 0.717) is 0 Å². The SMILES string of the molecule is CCC(=O)c1cc(F)c(C=O)cc1F. The highest BCUT2D eigenvalue weighted by atomic mass is 19.1. The van der Waals surface area contributed by atoms with Gasteiger partial charge in [-0.1, -0.05) is 6.92 Å². The molecule has 0 aliphatic rings. The molecule has 0 saturated heterocycles. The number of Topliss-reactive ketones (excluding diaryl/α,β-unsaturated/α-hetero) is 1. The zero-order valence-corrected chi connectivity index (χ0v) is 7.51. The van der Waals surface area contributed by atoms with Crippen molar-refractivity contribution >= 4 is 12.1 Å². The minimum absolute atomic E-state index is 0.0940. The van der Waals surface area contributed by atoms with Gasteiger partial charge in [-0.3, -0.25) is 9.59 Å². The van der Waals surface area contributed by atoms with Crippen molar-refractivity contribution in [3.05, 3.63) is 34.9 Å². The Morgan fingerprint density at radius 1 is 1.36 bits per heavy atom. The van der Waals surface area contributed by atoms with Crippen LogP contribution in [0.5, 0.6) is 0 Å². The zero-order valence-electron chi connectivity index (χ0n) is 7.51. The van der Waals surface area contributed by atoms with Gasteiger partial charge in [0.2, 0.25) is 0 Å². The van der Waals surface area contributed by atoms with E-state index in [9.17, 15) is 18.4 Å². The topological polar surface area (TPSA) is 34.1 Å². The minimum Gasteiger partial charge on any atom is -0.298 e. The summed E-state index contributed by atoms with van der Waals surface area (Å²) in [6, 6.07) is 1.48. The fourth-order valence-electron chi connectivity index (χ4n) is 1.06. The fraction of sp³-hybridized carbons (Fsp3) is 0.200. The molecule has 0 aromatic heterocycles. The Morgan fingerprint density at radius 3 is 2.50 bits per heavy atom. The lowest BCUT2D eigenvalue weighted by molar-refractivity contribution is 0.0982. The van der Waals surface area contributed by atoms with Crippen LogP contribution in [0.4, 0.5) is 8.78 Å². The Kier molecular flexibility index (Phi) is 3.06. The normalized spacial score (nSPS) is 9.93. The van der Waals surface area contributed by atoms with Crippen LogP contribution in [-0.2, 0) is 0 Å². The summed E-state index contributed by atoms with van der Waals surface area (Å²) in [5.74, 6) is -2.22. The van der Waals surface area contributed by atoms with Gasteiger partial charge in [0.05, 0.1) is 11.1 Å². The molecule has 0 heterocycles. The first-order valence-corrected chi connectivity index (χ1v) is 4.07. The maximum atomic E-state index is 13.1. The molecule has 74 valence electrons. The summed E-state index contributed by atoms with van der Waals surface area (Å²) in [6.07, 6.45) is 0.301. The molecule has 1 aromatic rings. The van der Waals surface area contributed by atoms with Crippen LogP contribution >= 0.6 is 0 Å². The van der Waals surface area contributed by atoms with Gasteiger partial charge in [-0.05, 0) is 12.1 Å². The molecule has 0 N–H and O–H groups in total. The lowest BCUT2D eigenvalue weighted by Gasteiger charge is -2.01. The van der Waals surface area contributed by atoms with E-state index in [-0.39, 0.29) is 23.8 Å². The highest BCUT2D eigenvalue weighted by molar-refractivity contribution is 5.96. The van der Waals surface area contributed by atoms with Gasteiger partial charge in [0.1, 0.15) is 11.6 Å². The Labute approximate surface area is 79.5 Å². The summed E-state index contributed by atoms with van der Waals surface area (Å²) >= 11 is 0. The van der Waals surface area contributed by atoms with Crippen molar-refractivity contribution in [2.24, 2.45) is 0 Å². The van der Waals surface area contributed by atoms with Crippen LogP contribution < -0.4 is 0 Å². The molecular weight excluding hydrogens is 190 g/mol. The Morgan fingerprint density at radius 2 is 2.00 bits per heavy atom. The van der Waals surface area contributed by atoms with Gasteiger partial charge in [0.15, 0.2) is 12.1 Å². The fourth-order valence-corrected chi connectivity index (χ4v) is 1.06. The quantitative estimate of drug-likeness (QED) is 0.552. The van der Waals surface area contributed by atoms with Crippen molar-refractivity contribution in [1.82, 2.24) is 0 Å². The third-order valence-electron chi connectivity index (χ3n) is 1.83. The molecule has 0 bridgehead atoms. The number of aldehydes is 1. The van der Waals surface area contributed by atoms with Crippen LogP contribution in [0.3, 0.4) is 0 Å². The first-order valence-electron chi connectivity index (χ1n) is 4.07. The molecule has 0 radical (unpaired) electrons. The first-order chi connectivity index (χ1) is 6.60. The molecule has 2 nitrogen and oxygen atoms in total. The van der Waals surface area contributed by atoms with Crippen molar-refractivity contribution in [3.8, 4) is 0 Å². The lowest BCUT2D eigenvalue weighted by atomic mass is 10.1. The molecule has 1 aromatic carbocycles. The van der Waals surface area contributed by atoms with Crippen molar-refractivity contribution < 1.29 is 18.4 Å². The van der Waals surface area contributed by atoms with Crippen LogP contribution in [0.2, 0.25) is 0 Å². The average Bonchev–Trinajstić information content (AvgIpc) is 2.19. The highest BCUT2D eigenvalue weighted by Gasteiger charge is 2.13. The maximum Gasteiger partial charge on any atom is 0.165 e. The van der Waals surface area contributed by atoms with E-state index in [1.54, 1.807) is 6.92 Å². The van der Waals surface area contributed by atoms with Crippen LogP contribution in [-0.4, -0.2) is 12.1 Å². The molecule has 0 atom stereocenters. The second-order valence-corrected chi connectivity index (χ2v) is 2.75. The highest BCUT2D eigenvalue weighted by Crippen LogP contribution is 2.15. The van der Waals surface area contributed by atoms with E-state index in [1.807, 2.05) is 0 Å². The van der Waals surface area contributed by atoms with Crippen molar-refractivity contribution in [3.63, 3.8) is 0 Å². The summed E-state index contributed by atoms with van der Waals surface area (Å²) in [6.45, 7) is 1.55. The number of ketones is 1. The van der Waals surface area contributed by atoms with Gasteiger partial charge in [0, 0.05) is 6.42 Å². The zero-order chi connectivity index (χ0) is 10.7. The monoisotopic (exact) mass is 198 g/mol. The Balaban J connectivity index is 3.28. The van der Waals surface area contributed by atoms with Crippen LogP contribution in [0.25, 0.3) is 0 Å². The van der Waals surface area contributed by atoms with Crippen LogP contribution in [0.15, 0.2) is 12.1 Å². The van der Waals surface area contributed by atoms with Gasteiger partial charge in [-0.15, -0.1) is 0 Å². The first kappa shape index (κ1) is 10.5. The number of hydrogen-bond donors (Lipinski definition) is 0. The summed E-state index contributed by atoms with van der Waals surface area (Å²) < 4.78 is 26.1. The average molecular weight is 198 g/mol. The van der Waals surface area contributed by atoms with Crippen molar-refractivity contribution in [1.29, 1.82) is 0 Å². The van der Waals surface area contributed by atoms with E-state index in [1.165, 1.54) is 0 Å². The number of rotatable bonds is 3. The van der Waals surface area contributed by atoms with Crippen molar-refractivity contribution in [2.45, 2.75) is 13.3 Å². The predicted molar refractivity (Wildman–Crippen MR) is 46.4 cm³/mol. The number of carbonyl (C=O) groups is 2. The Bertz CT molecular complexity index is 386. The van der Waals surface area contributed by atoms with Crippen LogP contribution in [0.1, 0.15) is 34.1 Å². The largest absolute Gasteiger partial charge is 0.298 e. The molecule has 4 heteroatoms. The summed E-state index contributed by atoms with van der Waals surface area (Å²) in [5.41, 5.74) is -0.689. The molecule has 0 amide bonds. The van der Waals surface area contributed by atoms with Gasteiger partial charge >= 0.3 is 0 Å². The third-order valence-corrected chi connectivity index (χ3v) is 1.83. The molecule has 14 heavy (non-hydrogen) atoms. The standard InChI is InChI=1S/C10H8F2O2/c1-2-10(14)7-4-8(11)6(5-13)3-9(7)12/h3-5H,2H2,1H3. The van der Waals surface area contributed by atoms with E-state index in [0.717, 1.165) is 12.1 Å². The van der Waals surface area contributed by atoms with E-state index < -0.39 is 17.4 Å². The summed E-state index contributed by atoms with van der Waals surface area (Å²) in [4.78, 5) is 21.3. The number of hydrogen-bond acceptors (Lipinski definition) is 2. The van der Waals surface area contributed by atoms with Crippen molar-refractivity contribution in [2.75, 3.05) is 0 Å². The smallest absolute Gasteiger partial charge is 0.165 e. The second-order valence-electron chi connectivity index (χ2n) is 2.75. The molecule has 0 spiro atoms. The van der Waals surface area contributed by atoms with Gasteiger partial charge < -0.3 is 0 Å². The molecular formula is C10H8F2O2. The molecule has 0 aliphatic carbocycles. The van der Waals surface area contributed by atoms with Gasteiger partial charge in [-0.2, -0.15) is 0 Å². The van der Waals surface area contributed by atoms with Crippen LogP contribution in [0, 0.1) is 11.6 Å². The minimum atomic E-state index is -0.877. The summed E-state index contributed by atoms with van der Waals surface area (Å²) in [7, 11) is 0. The number of carbonyl (C=O) groups excluding carboxylic acids is 2. The lowest BCUT2D eigenvalue weighted by Crippen LogP contribution is -2.03. The second kappa shape index (κ2) is 4.09. The maximum absolute atomic E-state index is 13.1. The van der Waals surface area contributed by atoms with Gasteiger partial charge in [-0.25, -0.2) is 8.78 Å². The predicted octanol–water partition coefficient (Wildman–Crippen LogP) is 2.37. The Hall–Kier alpha value is -1.58. The summed E-state index contributed by atoms with van der Waals surface area (Å²) in [5, 5.41) is 0. The number of halogens is 2. The molecule has 0 saturated carbocycles. The molecule has 0 aliphatic heterocycles. The van der Waals surface area contributed by atoms with E-state index in [2.05, 4.69) is 0 Å². The van der Waals surface area contributed by atoms with Gasteiger partial charge in [0.25, 0.3) is 0 Å². The molecule has 1 rings (SSSR count). The number of benzene rings is 1. The molecule has 0 fully saturated rings. The molecule has 0 unspecified atom stereocenters.